The monoisotopic (exact) mass is 277 g/mol. The maximum Gasteiger partial charge on any atom is 0.326 e. The number of nitrogens with one attached hydrogen (secondary N) is 2. The normalized spacial score (nSPS) is 13.4. The van der Waals surface area contributed by atoms with E-state index in [1.54, 1.807) is 6.92 Å². The molecule has 2 unspecified atom stereocenters. The zero-order valence-corrected chi connectivity index (χ0v) is 11.3. The number of thioether (sulfide) groups is 1. The molecule has 3 amide bonds. The third kappa shape index (κ3) is 7.77. The van der Waals surface area contributed by atoms with Gasteiger partial charge in [-0.1, -0.05) is 0 Å². The Morgan fingerprint density at radius 2 is 1.94 bits per heavy atom. The molecular weight excluding hydrogens is 258 g/mol. The van der Waals surface area contributed by atoms with Crippen LogP contribution in [0.25, 0.3) is 0 Å². The van der Waals surface area contributed by atoms with Gasteiger partial charge in [0.2, 0.25) is 5.91 Å². The van der Waals surface area contributed by atoms with E-state index >= 15 is 0 Å². The fourth-order valence-electron chi connectivity index (χ4n) is 1.27. The third-order valence-corrected chi connectivity index (χ3v) is 2.74. The lowest BCUT2D eigenvalue weighted by Crippen LogP contribution is -2.49. The number of aliphatic carboxylic acids is 1. The second kappa shape index (κ2) is 8.62. The van der Waals surface area contributed by atoms with Gasteiger partial charge in [-0.25, -0.2) is 9.59 Å². The van der Waals surface area contributed by atoms with E-state index in [1.165, 1.54) is 11.8 Å². The van der Waals surface area contributed by atoms with Gasteiger partial charge in [-0.3, -0.25) is 4.79 Å². The van der Waals surface area contributed by atoms with Crippen LogP contribution in [0, 0.1) is 0 Å². The molecule has 0 spiro atoms. The maximum absolute atomic E-state index is 11.5. The van der Waals surface area contributed by atoms with Crippen molar-refractivity contribution in [2.24, 2.45) is 5.73 Å². The molecule has 0 aromatic heterocycles. The molecule has 0 saturated heterocycles. The highest BCUT2D eigenvalue weighted by molar-refractivity contribution is 7.98. The molecule has 0 radical (unpaired) electrons. The Morgan fingerprint density at radius 3 is 2.39 bits per heavy atom. The molecule has 0 aliphatic rings. The summed E-state index contributed by atoms with van der Waals surface area (Å²) >= 11 is 1.50. The van der Waals surface area contributed by atoms with Crippen LogP contribution in [0.3, 0.4) is 0 Å². The van der Waals surface area contributed by atoms with Crippen LogP contribution in [0.4, 0.5) is 4.79 Å². The van der Waals surface area contributed by atoms with Gasteiger partial charge < -0.3 is 21.5 Å². The van der Waals surface area contributed by atoms with Gasteiger partial charge in [0.15, 0.2) is 0 Å². The van der Waals surface area contributed by atoms with E-state index < -0.39 is 30.0 Å². The number of hydrogen-bond acceptors (Lipinski definition) is 4. The molecule has 0 aromatic rings. The van der Waals surface area contributed by atoms with Crippen molar-refractivity contribution < 1.29 is 19.5 Å². The van der Waals surface area contributed by atoms with E-state index in [1.807, 2.05) is 6.26 Å². The number of primary amides is 1. The van der Waals surface area contributed by atoms with E-state index in [9.17, 15) is 14.4 Å². The number of rotatable bonds is 8. The van der Waals surface area contributed by atoms with Gasteiger partial charge in [-0.15, -0.1) is 0 Å². The quantitative estimate of drug-likeness (QED) is 0.487. The lowest BCUT2D eigenvalue weighted by Gasteiger charge is -2.17. The molecule has 8 heteroatoms. The number of carbonyl (C=O) groups is 3. The largest absolute Gasteiger partial charge is 0.480 e. The minimum atomic E-state index is -1.08. The van der Waals surface area contributed by atoms with E-state index in [0.29, 0.717) is 12.2 Å². The first kappa shape index (κ1) is 16.6. The van der Waals surface area contributed by atoms with Crippen molar-refractivity contribution in [2.45, 2.75) is 31.8 Å². The van der Waals surface area contributed by atoms with Crippen molar-refractivity contribution >= 4 is 29.7 Å². The first-order valence-corrected chi connectivity index (χ1v) is 6.83. The summed E-state index contributed by atoms with van der Waals surface area (Å²) in [6, 6.07) is -1.98. The van der Waals surface area contributed by atoms with E-state index in [-0.39, 0.29) is 6.42 Å². The second-order valence-electron chi connectivity index (χ2n) is 3.86. The first-order chi connectivity index (χ1) is 8.36. The molecule has 0 rings (SSSR count). The molecule has 5 N–H and O–H groups in total. The molecule has 2 atom stereocenters. The topological polar surface area (TPSA) is 122 Å². The maximum atomic E-state index is 11.5. The number of urea groups is 1. The predicted octanol–water partition coefficient (Wildman–Crippen LogP) is -0.244. The molecule has 0 aliphatic heterocycles. The molecule has 0 aromatic carbocycles. The van der Waals surface area contributed by atoms with Gasteiger partial charge >= 0.3 is 12.0 Å². The summed E-state index contributed by atoms with van der Waals surface area (Å²) in [5.74, 6) is -0.976. The Bertz CT molecular complexity index is 311. The highest BCUT2D eigenvalue weighted by atomic mass is 32.2. The van der Waals surface area contributed by atoms with Gasteiger partial charge in [-0.2, -0.15) is 11.8 Å². The second-order valence-corrected chi connectivity index (χ2v) is 4.85. The number of carboxylic acid groups (broad SMARTS) is 1. The number of carboxylic acids is 1. The average Bonchev–Trinajstić information content (AvgIpc) is 2.22. The Kier molecular flexibility index (Phi) is 7.93. The van der Waals surface area contributed by atoms with Gasteiger partial charge in [-0.05, 0) is 25.4 Å². The van der Waals surface area contributed by atoms with Crippen molar-refractivity contribution in [3.05, 3.63) is 0 Å². The highest BCUT2D eigenvalue weighted by Crippen LogP contribution is 2.01. The van der Waals surface area contributed by atoms with E-state index in [0.717, 1.165) is 0 Å². The summed E-state index contributed by atoms with van der Waals surface area (Å²) in [7, 11) is 0. The van der Waals surface area contributed by atoms with E-state index in [4.69, 9.17) is 10.8 Å². The summed E-state index contributed by atoms with van der Waals surface area (Å²) in [4.78, 5) is 33.0. The number of hydrogen-bond donors (Lipinski definition) is 4. The lowest BCUT2D eigenvalue weighted by atomic mass is 10.2. The Labute approximate surface area is 110 Å². The van der Waals surface area contributed by atoms with Crippen LogP contribution in [0.1, 0.15) is 19.8 Å². The standard InChI is InChI=1S/C10H19N3O4S/c1-6(5-8(11)14)12-10(17)13-7(9(15)16)3-4-18-2/h6-7H,3-5H2,1-2H3,(H2,11,14)(H,15,16)(H2,12,13,17). The molecule has 0 saturated carbocycles. The minimum Gasteiger partial charge on any atom is -0.480 e. The summed E-state index contributed by atoms with van der Waals surface area (Å²) in [5, 5.41) is 13.7. The van der Waals surface area contributed by atoms with Gasteiger partial charge in [0.05, 0.1) is 0 Å². The molecule has 0 aliphatic carbocycles. The van der Waals surface area contributed by atoms with E-state index in [2.05, 4.69) is 10.6 Å². The molecule has 18 heavy (non-hydrogen) atoms. The molecule has 0 fully saturated rings. The molecular formula is C10H19N3O4S. The van der Waals surface area contributed by atoms with Crippen LogP contribution in [0.2, 0.25) is 0 Å². The molecule has 104 valence electrons. The highest BCUT2D eigenvalue weighted by Gasteiger charge is 2.20. The average molecular weight is 277 g/mol. The van der Waals surface area contributed by atoms with Crippen molar-refractivity contribution in [1.29, 1.82) is 0 Å². The van der Waals surface area contributed by atoms with Gasteiger partial charge in [0, 0.05) is 12.5 Å². The smallest absolute Gasteiger partial charge is 0.326 e. The van der Waals surface area contributed by atoms with Crippen LogP contribution in [0.5, 0.6) is 0 Å². The SMILES string of the molecule is CSCCC(NC(=O)NC(C)CC(N)=O)C(=O)O. The first-order valence-electron chi connectivity index (χ1n) is 5.44. The Morgan fingerprint density at radius 1 is 1.33 bits per heavy atom. The van der Waals surface area contributed by atoms with Crippen LogP contribution < -0.4 is 16.4 Å². The molecule has 7 nitrogen and oxygen atoms in total. The van der Waals surface area contributed by atoms with Crippen LogP contribution in [-0.2, 0) is 9.59 Å². The van der Waals surface area contributed by atoms with Crippen molar-refractivity contribution in [2.75, 3.05) is 12.0 Å². The van der Waals surface area contributed by atoms with Gasteiger partial charge in [0.25, 0.3) is 0 Å². The zero-order chi connectivity index (χ0) is 14.1. The van der Waals surface area contributed by atoms with Crippen LogP contribution >= 0.6 is 11.8 Å². The van der Waals surface area contributed by atoms with Crippen LogP contribution in [-0.4, -0.2) is 47.1 Å². The van der Waals surface area contributed by atoms with Gasteiger partial charge in [0.1, 0.15) is 6.04 Å². The summed E-state index contributed by atoms with van der Waals surface area (Å²) in [5.41, 5.74) is 4.98. The zero-order valence-electron chi connectivity index (χ0n) is 10.4. The fourth-order valence-corrected chi connectivity index (χ4v) is 1.74. The number of nitrogens with two attached hydrogens (primary N) is 1. The summed E-state index contributed by atoms with van der Waals surface area (Å²) in [6.07, 6.45) is 2.21. The number of carbonyl (C=O) groups excluding carboxylic acids is 2. The van der Waals surface area contributed by atoms with Crippen molar-refractivity contribution in [3.8, 4) is 0 Å². The molecule has 0 bridgehead atoms. The Balaban J connectivity index is 4.16. The van der Waals surface area contributed by atoms with Crippen molar-refractivity contribution in [3.63, 3.8) is 0 Å². The lowest BCUT2D eigenvalue weighted by molar-refractivity contribution is -0.139. The summed E-state index contributed by atoms with van der Waals surface area (Å²) < 4.78 is 0. The Hall–Kier alpha value is -1.44. The van der Waals surface area contributed by atoms with Crippen molar-refractivity contribution in [1.82, 2.24) is 10.6 Å². The summed E-state index contributed by atoms with van der Waals surface area (Å²) in [6.45, 7) is 1.61. The third-order valence-electron chi connectivity index (χ3n) is 2.10. The predicted molar refractivity (Wildman–Crippen MR) is 69.4 cm³/mol. The molecule has 0 heterocycles. The number of amides is 3. The minimum absolute atomic E-state index is 0.00989. The fraction of sp³-hybridized carbons (Fsp3) is 0.700. The van der Waals surface area contributed by atoms with Crippen LogP contribution in [0.15, 0.2) is 0 Å².